The van der Waals surface area contributed by atoms with Crippen LogP contribution in [0.5, 0.6) is 0 Å². The van der Waals surface area contributed by atoms with E-state index in [9.17, 15) is 0 Å². The molecule has 3 heteroatoms. The lowest BCUT2D eigenvalue weighted by atomic mass is 9.90. The highest BCUT2D eigenvalue weighted by molar-refractivity contribution is 6.23. The molecule has 0 saturated heterocycles. The summed E-state index contributed by atoms with van der Waals surface area (Å²) in [4.78, 5) is 14.7. The van der Waals surface area contributed by atoms with Gasteiger partial charge in [-0.1, -0.05) is 188 Å². The van der Waals surface area contributed by atoms with E-state index in [1.807, 2.05) is 36.7 Å². The Kier molecular flexibility index (Phi) is 8.15. The Morgan fingerprint density at radius 1 is 0.276 bits per heavy atom. The molecule has 0 aliphatic heterocycles. The van der Waals surface area contributed by atoms with Gasteiger partial charge in [-0.25, -0.2) is 9.97 Å². The molecule has 2 heterocycles. The minimum absolute atomic E-state index is 0.699. The van der Waals surface area contributed by atoms with Crippen molar-refractivity contribution in [1.82, 2.24) is 15.0 Å². The maximum atomic E-state index is 5.09. The van der Waals surface area contributed by atoms with Crippen LogP contribution in [0.1, 0.15) is 0 Å². The van der Waals surface area contributed by atoms with Crippen molar-refractivity contribution in [2.24, 2.45) is 0 Å². The Labute approximate surface area is 336 Å². The first-order chi connectivity index (χ1) is 28.7. The van der Waals surface area contributed by atoms with Crippen molar-refractivity contribution < 1.29 is 0 Å². The molecule has 270 valence electrons. The third-order valence-electron chi connectivity index (χ3n) is 11.4. The average molecular weight is 738 g/mol. The molecule has 0 fully saturated rings. The number of rotatable bonds is 6. The molecule has 11 rings (SSSR count). The van der Waals surface area contributed by atoms with Gasteiger partial charge in [-0.05, 0) is 77.7 Å². The van der Waals surface area contributed by atoms with Crippen LogP contribution in [-0.4, -0.2) is 15.0 Å². The molecule has 0 spiro atoms. The highest BCUT2D eigenvalue weighted by atomic mass is 14.9. The van der Waals surface area contributed by atoms with Crippen LogP contribution in [0.3, 0.4) is 0 Å². The summed E-state index contributed by atoms with van der Waals surface area (Å²) in [5, 5.41) is 9.99. The monoisotopic (exact) mass is 737 g/mol. The van der Waals surface area contributed by atoms with Gasteiger partial charge in [0.1, 0.15) is 0 Å². The summed E-state index contributed by atoms with van der Waals surface area (Å²) in [6, 6.07) is 71.3. The standard InChI is InChI=1S/C55H35N3/c1-2-11-43(12-3-1)55-57-52(33-53(58-55)42-29-24-40(25-30-42)51-35-56-34-45-13-5-6-14-46(45)51)41-27-20-37(21-28-41)36-18-22-39(23-19-36)50-32-44-31-26-38-10-4-7-15-47(38)54(44)49-17-9-8-16-48(49)50/h1-35H. The van der Waals surface area contributed by atoms with Gasteiger partial charge in [-0.2, -0.15) is 0 Å². The molecule has 58 heavy (non-hydrogen) atoms. The molecule has 9 aromatic carbocycles. The van der Waals surface area contributed by atoms with Crippen molar-refractivity contribution in [3.05, 3.63) is 213 Å². The summed E-state index contributed by atoms with van der Waals surface area (Å²) < 4.78 is 0. The summed E-state index contributed by atoms with van der Waals surface area (Å²) in [5.74, 6) is 0.699. The van der Waals surface area contributed by atoms with Crippen LogP contribution < -0.4 is 0 Å². The van der Waals surface area contributed by atoms with Crippen LogP contribution in [0.15, 0.2) is 213 Å². The van der Waals surface area contributed by atoms with Gasteiger partial charge in [-0.3, -0.25) is 4.98 Å². The van der Waals surface area contributed by atoms with Gasteiger partial charge in [0.15, 0.2) is 5.82 Å². The van der Waals surface area contributed by atoms with Gasteiger partial charge < -0.3 is 0 Å². The maximum Gasteiger partial charge on any atom is 0.160 e. The smallest absolute Gasteiger partial charge is 0.160 e. The van der Waals surface area contributed by atoms with E-state index < -0.39 is 0 Å². The number of hydrogen-bond donors (Lipinski definition) is 0. The van der Waals surface area contributed by atoms with Crippen LogP contribution in [0.2, 0.25) is 0 Å². The number of pyridine rings is 1. The fraction of sp³-hybridized carbons (Fsp3) is 0. The highest BCUT2D eigenvalue weighted by Crippen LogP contribution is 2.39. The summed E-state index contributed by atoms with van der Waals surface area (Å²) in [6.45, 7) is 0. The van der Waals surface area contributed by atoms with Gasteiger partial charge in [0.25, 0.3) is 0 Å². The Morgan fingerprint density at radius 2 is 0.776 bits per heavy atom. The van der Waals surface area contributed by atoms with Crippen LogP contribution in [-0.2, 0) is 0 Å². The normalized spacial score (nSPS) is 11.4. The molecule has 0 saturated carbocycles. The Bertz CT molecular complexity index is 3290. The van der Waals surface area contributed by atoms with Crippen molar-refractivity contribution in [3.8, 4) is 67.3 Å². The molecule has 0 unspecified atom stereocenters. The van der Waals surface area contributed by atoms with E-state index in [1.54, 1.807) is 0 Å². The van der Waals surface area contributed by atoms with E-state index in [1.165, 1.54) is 54.4 Å². The van der Waals surface area contributed by atoms with Crippen LogP contribution in [0, 0.1) is 0 Å². The zero-order valence-electron chi connectivity index (χ0n) is 31.5. The van der Waals surface area contributed by atoms with Crippen molar-refractivity contribution >= 4 is 43.1 Å². The first-order valence-corrected chi connectivity index (χ1v) is 19.7. The quantitative estimate of drug-likeness (QED) is 0.160. The lowest BCUT2D eigenvalue weighted by molar-refractivity contribution is 1.18. The number of aromatic nitrogens is 3. The van der Waals surface area contributed by atoms with E-state index in [4.69, 9.17) is 9.97 Å². The average Bonchev–Trinajstić information content (AvgIpc) is 3.31. The predicted octanol–water partition coefficient (Wildman–Crippen LogP) is 14.5. The van der Waals surface area contributed by atoms with Gasteiger partial charge in [0.2, 0.25) is 0 Å². The lowest BCUT2D eigenvalue weighted by Crippen LogP contribution is -1.96. The third-order valence-corrected chi connectivity index (χ3v) is 11.4. The molecule has 0 bridgehead atoms. The van der Waals surface area contributed by atoms with Gasteiger partial charge in [-0.15, -0.1) is 0 Å². The highest BCUT2D eigenvalue weighted by Gasteiger charge is 2.14. The minimum atomic E-state index is 0.699. The summed E-state index contributed by atoms with van der Waals surface area (Å²) in [6.07, 6.45) is 3.86. The predicted molar refractivity (Wildman–Crippen MR) is 242 cm³/mol. The Balaban J connectivity index is 0.923. The topological polar surface area (TPSA) is 38.7 Å². The lowest BCUT2D eigenvalue weighted by Gasteiger charge is -2.14. The molecule has 2 aromatic heterocycles. The van der Waals surface area contributed by atoms with Crippen LogP contribution in [0.4, 0.5) is 0 Å². The summed E-state index contributed by atoms with van der Waals surface area (Å²) >= 11 is 0. The molecular weight excluding hydrogens is 703 g/mol. The van der Waals surface area contributed by atoms with E-state index in [0.717, 1.165) is 50.2 Å². The fourth-order valence-electron chi connectivity index (χ4n) is 8.42. The maximum absolute atomic E-state index is 5.09. The van der Waals surface area contributed by atoms with Crippen molar-refractivity contribution in [1.29, 1.82) is 0 Å². The molecule has 0 amide bonds. The number of nitrogens with zero attached hydrogens (tertiary/aromatic N) is 3. The first kappa shape index (κ1) is 33.6. The molecule has 0 aliphatic rings. The first-order valence-electron chi connectivity index (χ1n) is 19.7. The second kappa shape index (κ2) is 14.1. The van der Waals surface area contributed by atoms with E-state index >= 15 is 0 Å². The van der Waals surface area contributed by atoms with Crippen LogP contribution in [0.25, 0.3) is 110 Å². The Morgan fingerprint density at radius 3 is 1.45 bits per heavy atom. The Hall–Kier alpha value is -7.75. The molecule has 11 aromatic rings. The summed E-state index contributed by atoms with van der Waals surface area (Å²) in [7, 11) is 0. The summed E-state index contributed by atoms with van der Waals surface area (Å²) in [5.41, 5.74) is 11.8. The van der Waals surface area contributed by atoms with Gasteiger partial charge >= 0.3 is 0 Å². The zero-order valence-corrected chi connectivity index (χ0v) is 31.5. The molecule has 3 nitrogen and oxygen atoms in total. The molecule has 0 N–H and O–H groups in total. The number of hydrogen-bond acceptors (Lipinski definition) is 3. The second-order valence-electron chi connectivity index (χ2n) is 14.8. The molecule has 0 atom stereocenters. The van der Waals surface area contributed by atoms with E-state index in [-0.39, 0.29) is 0 Å². The van der Waals surface area contributed by atoms with Crippen molar-refractivity contribution in [2.75, 3.05) is 0 Å². The van der Waals surface area contributed by atoms with Gasteiger partial charge in [0, 0.05) is 40.0 Å². The third kappa shape index (κ3) is 5.98. The minimum Gasteiger partial charge on any atom is -0.263 e. The zero-order chi connectivity index (χ0) is 38.4. The molecule has 0 aliphatic carbocycles. The number of fused-ring (bicyclic) bond motifs is 6. The molecular formula is C55H35N3. The van der Waals surface area contributed by atoms with Gasteiger partial charge in [0.05, 0.1) is 11.4 Å². The SMILES string of the molecule is c1ccc(-c2nc(-c3ccc(-c4ccc(-c5cc6ccc7ccccc7c6c6ccccc56)cc4)cc3)cc(-c3ccc(-c4cncc5ccccc45)cc3)n2)cc1. The van der Waals surface area contributed by atoms with E-state index in [2.05, 4.69) is 181 Å². The largest absolute Gasteiger partial charge is 0.263 e. The van der Waals surface area contributed by atoms with Crippen molar-refractivity contribution in [3.63, 3.8) is 0 Å². The second-order valence-corrected chi connectivity index (χ2v) is 14.8. The van der Waals surface area contributed by atoms with Crippen molar-refractivity contribution in [2.45, 2.75) is 0 Å². The molecule has 0 radical (unpaired) electrons. The van der Waals surface area contributed by atoms with Crippen LogP contribution >= 0.6 is 0 Å². The fourth-order valence-corrected chi connectivity index (χ4v) is 8.42. The number of benzene rings is 9. The van der Waals surface area contributed by atoms with E-state index in [0.29, 0.717) is 5.82 Å².